The van der Waals surface area contributed by atoms with E-state index in [0.717, 1.165) is 19.0 Å². The maximum atomic E-state index is 14.9. The molecule has 1 fully saturated rings. The third-order valence-electron chi connectivity index (χ3n) is 6.83. The molecule has 206 valence electrons. The molecule has 10 nitrogen and oxygen atoms in total. The van der Waals surface area contributed by atoms with Crippen molar-refractivity contribution in [2.75, 3.05) is 35.3 Å². The Morgan fingerprint density at radius 1 is 1.08 bits per heavy atom. The topological polar surface area (TPSA) is 119 Å². The number of anilines is 3. The minimum Gasteiger partial charge on any atom is -0.355 e. The quantitative estimate of drug-likeness (QED) is 0.352. The van der Waals surface area contributed by atoms with Crippen molar-refractivity contribution < 1.29 is 17.2 Å². The molecule has 0 unspecified atom stereocenters. The molecular weight excluding hydrogens is 526 g/mol. The Morgan fingerprint density at radius 2 is 1.82 bits per heavy atom. The van der Waals surface area contributed by atoms with Gasteiger partial charge in [-0.05, 0) is 63.8 Å². The zero-order chi connectivity index (χ0) is 27.9. The van der Waals surface area contributed by atoms with Crippen LogP contribution in [0.15, 0.2) is 30.5 Å². The summed E-state index contributed by atoms with van der Waals surface area (Å²) in [7, 11) is -2.99. The van der Waals surface area contributed by atoms with Crippen molar-refractivity contribution in [3.8, 4) is 11.3 Å². The van der Waals surface area contributed by atoms with Crippen molar-refractivity contribution in [3.63, 3.8) is 0 Å². The summed E-state index contributed by atoms with van der Waals surface area (Å²) in [6, 6.07) is 6.46. The normalized spacial score (nSPS) is 14.9. The van der Waals surface area contributed by atoms with E-state index in [2.05, 4.69) is 35.4 Å². The van der Waals surface area contributed by atoms with Gasteiger partial charge in [-0.25, -0.2) is 32.2 Å². The van der Waals surface area contributed by atoms with E-state index in [1.165, 1.54) is 12.3 Å². The number of hydrogen-bond acceptors (Lipinski definition) is 9. The average Bonchev–Trinajstić information content (AvgIpc) is 3.22. The van der Waals surface area contributed by atoms with Crippen LogP contribution in [0.3, 0.4) is 0 Å². The molecule has 39 heavy (non-hydrogen) atoms. The molecule has 4 heterocycles. The molecule has 0 saturated carbocycles. The lowest BCUT2D eigenvalue weighted by Gasteiger charge is -2.32. The van der Waals surface area contributed by atoms with Crippen LogP contribution in [-0.4, -0.2) is 63.2 Å². The first kappa shape index (κ1) is 26.9. The highest BCUT2D eigenvalue weighted by Gasteiger charge is 2.23. The number of piperidine rings is 1. The van der Waals surface area contributed by atoms with Crippen LogP contribution in [0, 0.1) is 24.5 Å². The van der Waals surface area contributed by atoms with Gasteiger partial charge in [0.25, 0.3) is 0 Å². The molecule has 1 N–H and O–H groups in total. The zero-order valence-electron chi connectivity index (χ0n) is 22.2. The highest BCUT2D eigenvalue weighted by Crippen LogP contribution is 2.30. The van der Waals surface area contributed by atoms with Crippen molar-refractivity contribution in [3.05, 3.63) is 47.9 Å². The fraction of sp³-hybridized carbons (Fsp3) is 0.423. The van der Waals surface area contributed by atoms with Crippen molar-refractivity contribution in [1.29, 1.82) is 0 Å². The van der Waals surface area contributed by atoms with Crippen LogP contribution in [0.1, 0.15) is 38.6 Å². The smallest absolute Gasteiger partial charge is 0.229 e. The molecule has 1 aliphatic heterocycles. The van der Waals surface area contributed by atoms with Gasteiger partial charge in [0.1, 0.15) is 26.9 Å². The van der Waals surface area contributed by atoms with Crippen LogP contribution in [0.5, 0.6) is 0 Å². The molecule has 1 aromatic carbocycles. The molecule has 13 heteroatoms. The van der Waals surface area contributed by atoms with Gasteiger partial charge < -0.3 is 14.8 Å². The zero-order valence-corrected chi connectivity index (χ0v) is 23.0. The maximum Gasteiger partial charge on any atom is 0.229 e. The fourth-order valence-corrected chi connectivity index (χ4v) is 6.31. The summed E-state index contributed by atoms with van der Waals surface area (Å²) in [6.07, 6.45) is 3.83. The summed E-state index contributed by atoms with van der Waals surface area (Å²) < 4.78 is 54.8. The SMILES string of the molecule is Cc1nc2c(F)cc(-c3nc(Nc4ccc(N5CCC(CS(C)(=O)=O)CC5)nn4)ncc3F)cc2n1C(C)C. The Kier molecular flexibility index (Phi) is 7.19. The third kappa shape index (κ3) is 5.82. The van der Waals surface area contributed by atoms with E-state index in [0.29, 0.717) is 36.1 Å². The van der Waals surface area contributed by atoms with Gasteiger partial charge in [-0.1, -0.05) is 0 Å². The van der Waals surface area contributed by atoms with Crippen LogP contribution in [0.25, 0.3) is 22.3 Å². The van der Waals surface area contributed by atoms with Gasteiger partial charge in [0.05, 0.1) is 17.5 Å². The summed E-state index contributed by atoms with van der Waals surface area (Å²) in [6.45, 7) is 7.14. The lowest BCUT2D eigenvalue weighted by Crippen LogP contribution is -2.36. The number of nitrogens with one attached hydrogen (secondary N) is 1. The number of aryl methyl sites for hydroxylation is 1. The van der Waals surface area contributed by atoms with Crippen LogP contribution >= 0.6 is 0 Å². The van der Waals surface area contributed by atoms with Gasteiger partial charge >= 0.3 is 0 Å². The molecule has 1 saturated heterocycles. The number of hydrogen-bond donors (Lipinski definition) is 1. The third-order valence-corrected chi connectivity index (χ3v) is 7.90. The van der Waals surface area contributed by atoms with Crippen LogP contribution in [0.2, 0.25) is 0 Å². The first-order valence-corrected chi connectivity index (χ1v) is 14.8. The molecule has 0 amide bonds. The Balaban J connectivity index is 1.34. The summed E-state index contributed by atoms with van der Waals surface area (Å²) in [5, 5.41) is 11.4. The lowest BCUT2D eigenvalue weighted by molar-refractivity contribution is 0.434. The van der Waals surface area contributed by atoms with Crippen LogP contribution < -0.4 is 10.2 Å². The number of rotatable bonds is 7. The molecule has 0 atom stereocenters. The predicted molar refractivity (Wildman–Crippen MR) is 146 cm³/mol. The summed E-state index contributed by atoms with van der Waals surface area (Å²) in [5.74, 6) is 0.909. The monoisotopic (exact) mass is 556 g/mol. The number of aromatic nitrogens is 6. The number of sulfone groups is 1. The van der Waals surface area contributed by atoms with Crippen molar-refractivity contribution >= 4 is 38.5 Å². The minimum absolute atomic E-state index is 0.0394. The second-order valence-electron chi connectivity index (χ2n) is 10.3. The Morgan fingerprint density at radius 3 is 2.46 bits per heavy atom. The number of imidazole rings is 1. The van der Waals surface area contributed by atoms with Crippen LogP contribution in [-0.2, 0) is 9.84 Å². The molecule has 0 aliphatic carbocycles. The molecule has 0 spiro atoms. The minimum atomic E-state index is -2.99. The van der Waals surface area contributed by atoms with E-state index in [1.54, 1.807) is 25.1 Å². The molecular formula is C26H30F2N8O2S. The van der Waals surface area contributed by atoms with Gasteiger partial charge in [-0.3, -0.25) is 0 Å². The molecule has 0 radical (unpaired) electrons. The van der Waals surface area contributed by atoms with Crippen molar-refractivity contribution in [1.82, 2.24) is 29.7 Å². The number of fused-ring (bicyclic) bond motifs is 1. The van der Waals surface area contributed by atoms with E-state index >= 15 is 0 Å². The van der Waals surface area contributed by atoms with E-state index in [9.17, 15) is 17.2 Å². The summed E-state index contributed by atoms with van der Waals surface area (Å²) >= 11 is 0. The Labute approximate surface area is 225 Å². The van der Waals surface area contributed by atoms with Gasteiger partial charge in [0, 0.05) is 31.0 Å². The van der Waals surface area contributed by atoms with E-state index in [4.69, 9.17) is 0 Å². The first-order valence-electron chi connectivity index (χ1n) is 12.7. The van der Waals surface area contributed by atoms with Gasteiger partial charge in [-0.2, -0.15) is 0 Å². The second kappa shape index (κ2) is 10.4. The van der Waals surface area contributed by atoms with E-state index in [1.807, 2.05) is 18.4 Å². The second-order valence-corrected chi connectivity index (χ2v) is 12.4. The highest BCUT2D eigenvalue weighted by atomic mass is 32.2. The number of nitrogens with zero attached hydrogens (tertiary/aromatic N) is 7. The predicted octanol–water partition coefficient (Wildman–Crippen LogP) is 4.46. The molecule has 1 aliphatic rings. The Bertz CT molecular complexity index is 1620. The molecule has 0 bridgehead atoms. The fourth-order valence-electron chi connectivity index (χ4n) is 5.12. The lowest BCUT2D eigenvalue weighted by atomic mass is 9.99. The van der Waals surface area contributed by atoms with Gasteiger partial charge in [0.2, 0.25) is 5.95 Å². The number of benzene rings is 1. The van der Waals surface area contributed by atoms with Gasteiger partial charge in [0.15, 0.2) is 23.3 Å². The summed E-state index contributed by atoms with van der Waals surface area (Å²) in [4.78, 5) is 14.7. The van der Waals surface area contributed by atoms with Crippen molar-refractivity contribution in [2.45, 2.75) is 39.7 Å². The molecule has 4 aromatic rings. The average molecular weight is 557 g/mol. The number of halogens is 2. The maximum absolute atomic E-state index is 14.9. The molecule has 5 rings (SSSR count). The highest BCUT2D eigenvalue weighted by molar-refractivity contribution is 7.90. The largest absolute Gasteiger partial charge is 0.355 e. The standard InChI is InChI=1S/C26H30F2N8O2S/c1-15(2)36-16(3)30-25-19(27)11-18(12-21(25)36)24-20(28)13-29-26(32-24)31-22-5-6-23(34-33-22)35-9-7-17(8-10-35)14-39(4,37)38/h5-6,11-13,15,17H,7-10,14H2,1-4H3,(H,29,31,32,33). The van der Waals surface area contributed by atoms with Crippen LogP contribution in [0.4, 0.5) is 26.4 Å². The first-order chi connectivity index (χ1) is 18.5. The van der Waals surface area contributed by atoms with E-state index in [-0.39, 0.29) is 40.4 Å². The van der Waals surface area contributed by atoms with Gasteiger partial charge in [-0.15, -0.1) is 10.2 Å². The van der Waals surface area contributed by atoms with Crippen molar-refractivity contribution in [2.24, 2.45) is 5.92 Å². The summed E-state index contributed by atoms with van der Waals surface area (Å²) in [5.41, 5.74) is 1.01. The van der Waals surface area contributed by atoms with E-state index < -0.39 is 21.5 Å². The Hall–Kier alpha value is -3.74. The molecule has 3 aromatic heterocycles.